The fraction of sp³-hybridized carbons (Fsp3) is 0.412. The minimum absolute atomic E-state index is 0.00240. The van der Waals surface area contributed by atoms with Crippen LogP contribution in [0.2, 0.25) is 0 Å². The Labute approximate surface area is 138 Å². The summed E-state index contributed by atoms with van der Waals surface area (Å²) < 4.78 is 1.88. The van der Waals surface area contributed by atoms with E-state index in [-0.39, 0.29) is 18.1 Å². The van der Waals surface area contributed by atoms with Crippen LogP contribution in [-0.4, -0.2) is 36.2 Å². The summed E-state index contributed by atoms with van der Waals surface area (Å²) in [5, 5.41) is 32.6. The summed E-state index contributed by atoms with van der Waals surface area (Å²) in [5.74, 6) is 0.287. The number of aromatic amines is 1. The number of hydrogen-bond donors (Lipinski definition) is 2. The molecule has 0 aliphatic heterocycles. The van der Waals surface area contributed by atoms with Crippen LogP contribution in [0.5, 0.6) is 0 Å². The predicted molar refractivity (Wildman–Crippen MR) is 87.7 cm³/mol. The Morgan fingerprint density at radius 1 is 1.42 bits per heavy atom. The second-order valence-corrected chi connectivity index (χ2v) is 6.36. The third-order valence-corrected chi connectivity index (χ3v) is 4.90. The van der Waals surface area contributed by atoms with Crippen LogP contribution < -0.4 is 0 Å². The number of fused-ring (bicyclic) bond motifs is 1. The number of hydrogen-bond acceptors (Lipinski definition) is 5. The van der Waals surface area contributed by atoms with Crippen LogP contribution in [0.15, 0.2) is 30.9 Å². The van der Waals surface area contributed by atoms with Crippen molar-refractivity contribution >= 4 is 11.0 Å². The van der Waals surface area contributed by atoms with Gasteiger partial charge in [-0.15, -0.1) is 5.10 Å². The molecule has 3 unspecified atom stereocenters. The molecule has 3 aromatic rings. The molecule has 0 aromatic carbocycles. The number of nitrogens with zero attached hydrogens (tertiary/aromatic N) is 5. The van der Waals surface area contributed by atoms with E-state index in [1.54, 1.807) is 12.4 Å². The number of rotatable bonds is 4. The SMILES string of the molecule is N#CCC(C1CCC(O)C1)n1cc(-c2cnnc3[nH]ccc23)cn1. The first-order valence-corrected chi connectivity index (χ1v) is 8.14. The van der Waals surface area contributed by atoms with Crippen molar-refractivity contribution in [3.63, 3.8) is 0 Å². The molecule has 1 saturated carbocycles. The largest absolute Gasteiger partial charge is 0.393 e. The van der Waals surface area contributed by atoms with Crippen molar-refractivity contribution in [3.05, 3.63) is 30.9 Å². The minimum Gasteiger partial charge on any atom is -0.393 e. The summed E-state index contributed by atoms with van der Waals surface area (Å²) in [5.41, 5.74) is 2.67. The highest BCUT2D eigenvalue weighted by Crippen LogP contribution is 2.37. The molecule has 1 aliphatic carbocycles. The molecule has 7 heteroatoms. The van der Waals surface area contributed by atoms with Gasteiger partial charge in [0.25, 0.3) is 0 Å². The monoisotopic (exact) mass is 322 g/mol. The summed E-state index contributed by atoms with van der Waals surface area (Å²) >= 11 is 0. The number of aliphatic hydroxyl groups is 1. The van der Waals surface area contributed by atoms with Gasteiger partial charge >= 0.3 is 0 Å². The van der Waals surface area contributed by atoms with E-state index in [2.05, 4.69) is 26.3 Å². The van der Waals surface area contributed by atoms with Crippen molar-refractivity contribution in [2.75, 3.05) is 0 Å². The van der Waals surface area contributed by atoms with E-state index in [0.717, 1.165) is 41.4 Å². The van der Waals surface area contributed by atoms with E-state index in [9.17, 15) is 10.4 Å². The zero-order valence-electron chi connectivity index (χ0n) is 13.1. The topological polar surface area (TPSA) is 103 Å². The molecule has 0 saturated heterocycles. The summed E-state index contributed by atoms with van der Waals surface area (Å²) in [6.45, 7) is 0. The number of nitriles is 1. The van der Waals surface area contributed by atoms with Gasteiger partial charge in [0, 0.05) is 28.9 Å². The van der Waals surface area contributed by atoms with Crippen molar-refractivity contribution in [1.29, 1.82) is 5.26 Å². The van der Waals surface area contributed by atoms with Crippen LogP contribution in [0.1, 0.15) is 31.7 Å². The summed E-state index contributed by atoms with van der Waals surface area (Å²) in [7, 11) is 0. The molecule has 24 heavy (non-hydrogen) atoms. The Morgan fingerprint density at radius 2 is 2.33 bits per heavy atom. The van der Waals surface area contributed by atoms with Gasteiger partial charge in [-0.1, -0.05) is 0 Å². The normalized spacial score (nSPS) is 21.8. The molecule has 3 atom stereocenters. The van der Waals surface area contributed by atoms with E-state index < -0.39 is 0 Å². The van der Waals surface area contributed by atoms with Crippen LogP contribution in [0, 0.1) is 17.2 Å². The molecule has 0 bridgehead atoms. The molecule has 0 amide bonds. The molecule has 7 nitrogen and oxygen atoms in total. The van der Waals surface area contributed by atoms with Gasteiger partial charge in [-0.3, -0.25) is 4.68 Å². The van der Waals surface area contributed by atoms with E-state index in [0.29, 0.717) is 6.42 Å². The molecular formula is C17H18N6O. The predicted octanol–water partition coefficient (Wildman–Crippen LogP) is 2.44. The number of nitrogens with one attached hydrogen (secondary N) is 1. The molecule has 4 rings (SSSR count). The maximum atomic E-state index is 9.81. The maximum Gasteiger partial charge on any atom is 0.160 e. The van der Waals surface area contributed by atoms with Gasteiger partial charge in [-0.25, -0.2) is 0 Å². The van der Waals surface area contributed by atoms with Crippen molar-refractivity contribution in [2.24, 2.45) is 5.92 Å². The third kappa shape index (κ3) is 2.55. The van der Waals surface area contributed by atoms with Crippen molar-refractivity contribution < 1.29 is 5.11 Å². The molecular weight excluding hydrogens is 304 g/mol. The fourth-order valence-electron chi connectivity index (χ4n) is 3.67. The smallest absolute Gasteiger partial charge is 0.160 e. The highest BCUT2D eigenvalue weighted by atomic mass is 16.3. The van der Waals surface area contributed by atoms with Crippen LogP contribution in [0.4, 0.5) is 0 Å². The highest BCUT2D eigenvalue weighted by molar-refractivity contribution is 5.91. The lowest BCUT2D eigenvalue weighted by molar-refractivity contribution is 0.170. The van der Waals surface area contributed by atoms with Crippen LogP contribution in [0.3, 0.4) is 0 Å². The first-order chi connectivity index (χ1) is 11.8. The van der Waals surface area contributed by atoms with Crippen LogP contribution in [-0.2, 0) is 0 Å². The van der Waals surface area contributed by atoms with Gasteiger partial charge in [-0.2, -0.15) is 15.5 Å². The van der Waals surface area contributed by atoms with Crippen molar-refractivity contribution in [1.82, 2.24) is 25.0 Å². The zero-order valence-corrected chi connectivity index (χ0v) is 13.1. The van der Waals surface area contributed by atoms with Crippen molar-refractivity contribution in [3.8, 4) is 17.2 Å². The van der Waals surface area contributed by atoms with Gasteiger partial charge in [0.15, 0.2) is 5.65 Å². The number of aliphatic hydroxyl groups excluding tert-OH is 1. The third-order valence-electron chi connectivity index (χ3n) is 4.90. The van der Waals surface area contributed by atoms with Crippen LogP contribution >= 0.6 is 0 Å². The molecule has 3 heterocycles. The quantitative estimate of drug-likeness (QED) is 0.768. The minimum atomic E-state index is -0.255. The van der Waals surface area contributed by atoms with Gasteiger partial charge in [0.05, 0.1) is 37.0 Å². The Morgan fingerprint density at radius 3 is 3.12 bits per heavy atom. The van der Waals surface area contributed by atoms with Gasteiger partial charge in [0.1, 0.15) is 0 Å². The number of aromatic nitrogens is 5. The van der Waals surface area contributed by atoms with Gasteiger partial charge in [-0.05, 0) is 31.2 Å². The lowest BCUT2D eigenvalue weighted by Gasteiger charge is -2.21. The van der Waals surface area contributed by atoms with E-state index >= 15 is 0 Å². The first-order valence-electron chi connectivity index (χ1n) is 8.14. The van der Waals surface area contributed by atoms with Gasteiger partial charge < -0.3 is 10.1 Å². The fourth-order valence-corrected chi connectivity index (χ4v) is 3.67. The molecule has 3 aromatic heterocycles. The van der Waals surface area contributed by atoms with E-state index in [4.69, 9.17) is 0 Å². The average molecular weight is 322 g/mol. The molecule has 0 radical (unpaired) electrons. The Bertz CT molecular complexity index is 892. The van der Waals surface area contributed by atoms with E-state index in [1.165, 1.54) is 0 Å². The van der Waals surface area contributed by atoms with Gasteiger partial charge in [0.2, 0.25) is 0 Å². The Hall–Kier alpha value is -2.72. The summed E-state index contributed by atoms with van der Waals surface area (Å²) in [4.78, 5) is 3.06. The molecule has 2 N–H and O–H groups in total. The lowest BCUT2D eigenvalue weighted by atomic mass is 9.96. The molecule has 122 valence electrons. The highest BCUT2D eigenvalue weighted by Gasteiger charge is 2.31. The van der Waals surface area contributed by atoms with Crippen molar-refractivity contribution in [2.45, 2.75) is 37.8 Å². The Kier molecular flexibility index (Phi) is 3.75. The second kappa shape index (κ2) is 6.06. The summed E-state index contributed by atoms with van der Waals surface area (Å²) in [6.07, 6.45) is 9.96. The summed E-state index contributed by atoms with van der Waals surface area (Å²) in [6, 6.07) is 4.23. The molecule has 1 aliphatic rings. The van der Waals surface area contributed by atoms with Crippen LogP contribution in [0.25, 0.3) is 22.2 Å². The maximum absolute atomic E-state index is 9.81. The standard InChI is InChI=1S/C17H18N6O/c18-5-3-16(11-1-2-13(24)7-11)23-10-12(8-21-23)15-9-20-22-17-14(15)4-6-19-17/h4,6,8-11,13,16,24H,1-3,7H2,(H,19,22). The number of H-pyrrole nitrogens is 1. The van der Waals surface area contributed by atoms with E-state index in [1.807, 2.05) is 23.1 Å². The molecule has 0 spiro atoms. The Balaban J connectivity index is 1.68. The lowest BCUT2D eigenvalue weighted by Crippen LogP contribution is -2.18. The molecule has 1 fully saturated rings. The average Bonchev–Trinajstić information content (AvgIpc) is 3.32. The first kappa shape index (κ1) is 14.8. The zero-order chi connectivity index (χ0) is 16.5. The second-order valence-electron chi connectivity index (χ2n) is 6.36.